The molecule has 1 aliphatic carbocycles. The van der Waals surface area contributed by atoms with Crippen LogP contribution in [0.2, 0.25) is 0 Å². The van der Waals surface area contributed by atoms with Crippen molar-refractivity contribution in [3.05, 3.63) is 41.4 Å². The predicted molar refractivity (Wildman–Crippen MR) is 54.6 cm³/mol. The van der Waals surface area contributed by atoms with Crippen LogP contribution in [0.5, 0.6) is 0 Å². The Labute approximate surface area is 82.7 Å². The average molecular weight is 195 g/mol. The van der Waals surface area contributed by atoms with Crippen molar-refractivity contribution in [3.63, 3.8) is 0 Å². The number of rotatable bonds is 0. The fourth-order valence-electron chi connectivity index (χ4n) is 1.45. The molecule has 0 spiro atoms. The van der Waals surface area contributed by atoms with E-state index < -0.39 is 0 Å². The summed E-state index contributed by atoms with van der Waals surface area (Å²) in [4.78, 5) is 0. The molecule has 13 heavy (non-hydrogen) atoms. The first-order valence-electron chi connectivity index (χ1n) is 4.37. The largest absolute Gasteiger partial charge is 0.463 e. The van der Waals surface area contributed by atoms with E-state index in [9.17, 15) is 0 Å². The summed E-state index contributed by atoms with van der Waals surface area (Å²) >= 11 is 6.05. The smallest absolute Gasteiger partial charge is 0.148 e. The van der Waals surface area contributed by atoms with Gasteiger partial charge >= 0.3 is 0 Å². The molecule has 0 bridgehead atoms. The van der Waals surface area contributed by atoms with Crippen molar-refractivity contribution in [3.8, 4) is 0 Å². The lowest BCUT2D eigenvalue weighted by molar-refractivity contribution is 0.551. The molecule has 0 amide bonds. The summed E-state index contributed by atoms with van der Waals surface area (Å²) in [7, 11) is 0. The zero-order valence-electron chi connectivity index (χ0n) is 7.51. The van der Waals surface area contributed by atoms with Crippen molar-refractivity contribution >= 4 is 16.6 Å². The number of aryl methyl sites for hydroxylation is 1. The second-order valence-electron chi connectivity index (χ2n) is 3.30. The van der Waals surface area contributed by atoms with Crippen molar-refractivity contribution < 1.29 is 4.42 Å². The normalized spacial score (nSPS) is 24.8. The van der Waals surface area contributed by atoms with Gasteiger partial charge in [0.15, 0.2) is 0 Å². The van der Waals surface area contributed by atoms with E-state index in [0.717, 1.165) is 18.6 Å². The molecule has 2 heteroatoms. The lowest BCUT2D eigenvalue weighted by Gasteiger charge is -2.05. The number of allylic oxidation sites excluding steroid dienone is 3. The van der Waals surface area contributed by atoms with Gasteiger partial charge in [0, 0.05) is 0 Å². The fourth-order valence-corrected chi connectivity index (χ4v) is 1.68. The van der Waals surface area contributed by atoms with Gasteiger partial charge in [0.05, 0.1) is 11.3 Å². The lowest BCUT2D eigenvalue weighted by Crippen LogP contribution is -1.90. The first-order valence-corrected chi connectivity index (χ1v) is 4.75. The number of hydrogen-bond donors (Lipinski definition) is 0. The molecule has 0 fully saturated rings. The Morgan fingerprint density at radius 1 is 1.31 bits per heavy atom. The number of hydrogen-bond acceptors (Lipinski definition) is 1. The number of fused-ring (bicyclic) bond motifs is 1. The zero-order valence-corrected chi connectivity index (χ0v) is 8.27. The third-order valence-corrected chi connectivity index (χ3v) is 2.56. The molecule has 1 aromatic rings. The highest BCUT2D eigenvalue weighted by Crippen LogP contribution is 2.27. The van der Waals surface area contributed by atoms with Gasteiger partial charge in [-0.3, -0.25) is 0 Å². The minimum atomic E-state index is 0.694. The van der Waals surface area contributed by atoms with Crippen LogP contribution in [0.3, 0.4) is 0 Å². The molecule has 1 aromatic heterocycles. The van der Waals surface area contributed by atoms with Crippen molar-refractivity contribution in [2.45, 2.75) is 19.8 Å². The Balaban J connectivity index is 2.46. The van der Waals surface area contributed by atoms with Crippen LogP contribution >= 0.6 is 11.6 Å². The Morgan fingerprint density at radius 2 is 2.15 bits per heavy atom. The molecule has 0 saturated heterocycles. The van der Waals surface area contributed by atoms with Crippen LogP contribution in [0.15, 0.2) is 34.5 Å². The van der Waals surface area contributed by atoms with Gasteiger partial charge < -0.3 is 4.42 Å². The second-order valence-corrected chi connectivity index (χ2v) is 3.71. The van der Waals surface area contributed by atoms with Gasteiger partial charge in [0.1, 0.15) is 5.76 Å². The van der Waals surface area contributed by atoms with E-state index in [1.54, 1.807) is 6.26 Å². The average Bonchev–Trinajstić information content (AvgIpc) is 2.56. The number of furan rings is 1. The molecule has 0 N–H and O–H groups in total. The van der Waals surface area contributed by atoms with E-state index in [1.807, 2.05) is 18.2 Å². The maximum Gasteiger partial charge on any atom is 0.148 e. The lowest BCUT2D eigenvalue weighted by atomic mass is 10.0. The standard InChI is InChI=1S/C11H11ClO/c1-8-2-4-9-6-7-13-11(9)10(12)5-3-8/h3,5-7H,2,4H2,1H3/b8-3+,10-5+. The quantitative estimate of drug-likeness (QED) is 0.613. The van der Waals surface area contributed by atoms with E-state index in [4.69, 9.17) is 16.0 Å². The summed E-state index contributed by atoms with van der Waals surface area (Å²) in [5.74, 6) is 0.824. The first-order chi connectivity index (χ1) is 6.27. The molecule has 2 rings (SSSR count). The van der Waals surface area contributed by atoms with Gasteiger partial charge in [-0.2, -0.15) is 0 Å². The monoisotopic (exact) mass is 194 g/mol. The molecule has 1 heterocycles. The molecule has 1 nitrogen and oxygen atoms in total. The van der Waals surface area contributed by atoms with Crippen molar-refractivity contribution in [2.24, 2.45) is 0 Å². The maximum absolute atomic E-state index is 6.05. The van der Waals surface area contributed by atoms with Crippen LogP contribution in [0.4, 0.5) is 0 Å². The number of halogens is 1. The van der Waals surface area contributed by atoms with E-state index in [0.29, 0.717) is 5.03 Å². The van der Waals surface area contributed by atoms with Gasteiger partial charge in [-0.25, -0.2) is 0 Å². The molecule has 1 aliphatic rings. The van der Waals surface area contributed by atoms with E-state index >= 15 is 0 Å². The van der Waals surface area contributed by atoms with Crippen molar-refractivity contribution in [1.29, 1.82) is 0 Å². The molecule has 0 atom stereocenters. The Bertz CT molecular complexity index is 371. The van der Waals surface area contributed by atoms with Crippen LogP contribution in [-0.2, 0) is 6.42 Å². The summed E-state index contributed by atoms with van der Waals surface area (Å²) in [6, 6.07) is 1.99. The minimum Gasteiger partial charge on any atom is -0.463 e. The van der Waals surface area contributed by atoms with Gasteiger partial charge in [-0.05, 0) is 37.5 Å². The highest BCUT2D eigenvalue weighted by Gasteiger charge is 2.11. The Hall–Kier alpha value is -0.950. The van der Waals surface area contributed by atoms with Crippen LogP contribution in [0.1, 0.15) is 24.7 Å². The molecule has 0 aliphatic heterocycles. The third-order valence-electron chi connectivity index (χ3n) is 2.27. The van der Waals surface area contributed by atoms with Crippen LogP contribution < -0.4 is 0 Å². The summed E-state index contributed by atoms with van der Waals surface area (Å²) in [5.41, 5.74) is 2.55. The SMILES string of the molecule is C/C1=C\C=C(\Cl)c2occc2CC1. The molecule has 0 aromatic carbocycles. The van der Waals surface area contributed by atoms with Gasteiger partial charge in [-0.15, -0.1) is 0 Å². The summed E-state index contributed by atoms with van der Waals surface area (Å²) in [6.07, 6.45) is 7.74. The summed E-state index contributed by atoms with van der Waals surface area (Å²) in [6.45, 7) is 2.12. The molecular weight excluding hydrogens is 184 g/mol. The Kier molecular flexibility index (Phi) is 2.28. The maximum atomic E-state index is 6.05. The Morgan fingerprint density at radius 3 is 3.00 bits per heavy atom. The van der Waals surface area contributed by atoms with Crippen LogP contribution in [0, 0.1) is 0 Å². The van der Waals surface area contributed by atoms with Crippen LogP contribution in [-0.4, -0.2) is 0 Å². The van der Waals surface area contributed by atoms with Crippen molar-refractivity contribution in [2.75, 3.05) is 0 Å². The predicted octanol–water partition coefficient (Wildman–Crippen LogP) is 3.75. The fraction of sp³-hybridized carbons (Fsp3) is 0.273. The van der Waals surface area contributed by atoms with Crippen LogP contribution in [0.25, 0.3) is 5.03 Å². The zero-order chi connectivity index (χ0) is 9.26. The molecular formula is C11H11ClO. The second kappa shape index (κ2) is 3.43. The topological polar surface area (TPSA) is 13.1 Å². The summed E-state index contributed by atoms with van der Waals surface area (Å²) in [5, 5.41) is 0.694. The molecule has 68 valence electrons. The first kappa shape index (κ1) is 8.64. The molecule has 0 radical (unpaired) electrons. The molecule has 0 unspecified atom stereocenters. The summed E-state index contributed by atoms with van der Waals surface area (Å²) < 4.78 is 5.31. The minimum absolute atomic E-state index is 0.694. The van der Waals surface area contributed by atoms with E-state index in [2.05, 4.69) is 6.92 Å². The highest BCUT2D eigenvalue weighted by molar-refractivity contribution is 6.48. The third kappa shape index (κ3) is 1.70. The highest BCUT2D eigenvalue weighted by atomic mass is 35.5. The van der Waals surface area contributed by atoms with Gasteiger partial charge in [-0.1, -0.05) is 23.3 Å². The van der Waals surface area contributed by atoms with Crippen molar-refractivity contribution in [1.82, 2.24) is 0 Å². The van der Waals surface area contributed by atoms with E-state index in [1.165, 1.54) is 11.1 Å². The van der Waals surface area contributed by atoms with E-state index in [-0.39, 0.29) is 0 Å². The van der Waals surface area contributed by atoms with Gasteiger partial charge in [0.2, 0.25) is 0 Å². The molecule has 0 saturated carbocycles. The van der Waals surface area contributed by atoms with Gasteiger partial charge in [0.25, 0.3) is 0 Å².